The molecule has 0 spiro atoms. The molecule has 0 saturated carbocycles. The summed E-state index contributed by atoms with van der Waals surface area (Å²) in [6.45, 7) is 3.07. The number of carbonyl (C=O) groups is 2. The van der Waals surface area contributed by atoms with E-state index in [0.717, 1.165) is 25.0 Å². The van der Waals surface area contributed by atoms with Crippen LogP contribution in [0.3, 0.4) is 0 Å². The third-order valence-electron chi connectivity index (χ3n) is 3.00. The Balaban J connectivity index is 2.31. The standard InChI is InChI=1S/C16H23NO4/c1-2-3-4-11-21-14-7-5-13(6-8-14)15(18)9-10-17-12-16(19)20/h5-8,17H,2-4,9-12H2,1H3,(H,19,20). The Hall–Kier alpha value is -1.88. The van der Waals surface area contributed by atoms with Crippen molar-refractivity contribution in [2.24, 2.45) is 0 Å². The zero-order valence-corrected chi connectivity index (χ0v) is 12.4. The Bertz CT molecular complexity index is 442. The maximum absolute atomic E-state index is 11.9. The van der Waals surface area contributed by atoms with Crippen LogP contribution >= 0.6 is 0 Å². The number of benzene rings is 1. The smallest absolute Gasteiger partial charge is 0.317 e. The van der Waals surface area contributed by atoms with E-state index < -0.39 is 5.97 Å². The molecule has 21 heavy (non-hydrogen) atoms. The summed E-state index contributed by atoms with van der Waals surface area (Å²) in [7, 11) is 0. The molecule has 0 aromatic heterocycles. The first-order valence-corrected chi connectivity index (χ1v) is 7.32. The number of ether oxygens (including phenoxy) is 1. The number of carboxylic acids is 1. The van der Waals surface area contributed by atoms with Gasteiger partial charge in [-0.2, -0.15) is 0 Å². The van der Waals surface area contributed by atoms with Gasteiger partial charge in [-0.25, -0.2) is 0 Å². The minimum absolute atomic E-state index is 0.00887. The van der Waals surface area contributed by atoms with E-state index in [1.165, 1.54) is 0 Å². The van der Waals surface area contributed by atoms with Crippen LogP contribution in [-0.2, 0) is 4.79 Å². The summed E-state index contributed by atoms with van der Waals surface area (Å²) in [5.41, 5.74) is 0.619. The maximum Gasteiger partial charge on any atom is 0.317 e. The summed E-state index contributed by atoms with van der Waals surface area (Å²) in [6, 6.07) is 7.08. The molecule has 5 nitrogen and oxygen atoms in total. The van der Waals surface area contributed by atoms with Crippen molar-refractivity contribution in [3.8, 4) is 5.75 Å². The summed E-state index contributed by atoms with van der Waals surface area (Å²) in [5, 5.41) is 11.2. The van der Waals surface area contributed by atoms with E-state index in [4.69, 9.17) is 9.84 Å². The van der Waals surface area contributed by atoms with Gasteiger partial charge in [-0.3, -0.25) is 9.59 Å². The Kier molecular flexibility index (Phi) is 8.12. The van der Waals surface area contributed by atoms with Crippen molar-refractivity contribution in [2.45, 2.75) is 32.6 Å². The van der Waals surface area contributed by atoms with E-state index in [2.05, 4.69) is 12.2 Å². The first kappa shape index (κ1) is 17.2. The minimum Gasteiger partial charge on any atom is -0.494 e. The number of rotatable bonds is 11. The lowest BCUT2D eigenvalue weighted by Gasteiger charge is -2.07. The van der Waals surface area contributed by atoms with Crippen molar-refractivity contribution < 1.29 is 19.4 Å². The Morgan fingerprint density at radius 2 is 1.90 bits per heavy atom. The van der Waals surface area contributed by atoms with Crippen molar-refractivity contribution >= 4 is 11.8 Å². The number of unbranched alkanes of at least 4 members (excludes halogenated alkanes) is 2. The second kappa shape index (κ2) is 9.94. The molecule has 1 aromatic rings. The highest BCUT2D eigenvalue weighted by atomic mass is 16.5. The maximum atomic E-state index is 11.9. The Morgan fingerprint density at radius 1 is 1.19 bits per heavy atom. The average Bonchev–Trinajstić information content (AvgIpc) is 2.48. The zero-order valence-electron chi connectivity index (χ0n) is 12.4. The third-order valence-corrected chi connectivity index (χ3v) is 3.00. The number of nitrogens with one attached hydrogen (secondary N) is 1. The molecule has 0 aliphatic carbocycles. The molecule has 0 radical (unpaired) electrons. The third kappa shape index (κ3) is 7.46. The minimum atomic E-state index is -0.924. The van der Waals surface area contributed by atoms with Gasteiger partial charge < -0.3 is 15.2 Å². The summed E-state index contributed by atoms with van der Waals surface area (Å²) in [6.07, 6.45) is 3.63. The van der Waals surface area contributed by atoms with Crippen LogP contribution in [0.5, 0.6) is 5.75 Å². The molecule has 0 amide bonds. The molecule has 0 unspecified atom stereocenters. The molecule has 0 aliphatic rings. The fourth-order valence-corrected chi connectivity index (χ4v) is 1.82. The number of hydrogen-bond acceptors (Lipinski definition) is 4. The lowest BCUT2D eigenvalue weighted by Crippen LogP contribution is -2.25. The highest BCUT2D eigenvalue weighted by Gasteiger charge is 2.06. The van der Waals surface area contributed by atoms with Crippen LogP contribution in [0.25, 0.3) is 0 Å². The van der Waals surface area contributed by atoms with E-state index in [1.54, 1.807) is 24.3 Å². The van der Waals surface area contributed by atoms with Crippen LogP contribution in [-0.4, -0.2) is 36.6 Å². The van der Waals surface area contributed by atoms with E-state index in [-0.39, 0.29) is 18.7 Å². The SMILES string of the molecule is CCCCCOc1ccc(C(=O)CCNCC(=O)O)cc1. The molecule has 0 fully saturated rings. The van der Waals surface area contributed by atoms with E-state index >= 15 is 0 Å². The molecule has 0 heterocycles. The fourth-order valence-electron chi connectivity index (χ4n) is 1.82. The lowest BCUT2D eigenvalue weighted by molar-refractivity contribution is -0.135. The predicted molar refractivity (Wildman–Crippen MR) is 80.9 cm³/mol. The Morgan fingerprint density at radius 3 is 2.52 bits per heavy atom. The first-order valence-electron chi connectivity index (χ1n) is 7.32. The van der Waals surface area contributed by atoms with Gasteiger partial charge in [-0.05, 0) is 30.7 Å². The zero-order chi connectivity index (χ0) is 15.5. The topological polar surface area (TPSA) is 75.6 Å². The molecule has 1 rings (SSSR count). The normalized spacial score (nSPS) is 10.3. The Labute approximate surface area is 125 Å². The predicted octanol–water partition coefficient (Wildman–Crippen LogP) is 2.50. The molecule has 1 aromatic carbocycles. The second-order valence-electron chi connectivity index (χ2n) is 4.82. The number of Topliss-reactive ketones (excluding diaryl/α,β-unsaturated/α-hetero) is 1. The number of hydrogen-bond donors (Lipinski definition) is 2. The molecule has 0 aliphatic heterocycles. The molecule has 2 N–H and O–H groups in total. The van der Waals surface area contributed by atoms with E-state index in [1.807, 2.05) is 0 Å². The van der Waals surface area contributed by atoms with Crippen LogP contribution < -0.4 is 10.1 Å². The molecule has 0 bridgehead atoms. The largest absolute Gasteiger partial charge is 0.494 e. The van der Waals surface area contributed by atoms with Gasteiger partial charge in [0.2, 0.25) is 0 Å². The van der Waals surface area contributed by atoms with Gasteiger partial charge in [0.15, 0.2) is 5.78 Å². The van der Waals surface area contributed by atoms with Crippen LogP contribution in [0.4, 0.5) is 0 Å². The van der Waals surface area contributed by atoms with Gasteiger partial charge in [0.1, 0.15) is 5.75 Å². The summed E-state index contributed by atoms with van der Waals surface area (Å²) in [5.74, 6) is -0.163. The fraction of sp³-hybridized carbons (Fsp3) is 0.500. The van der Waals surface area contributed by atoms with Gasteiger partial charge in [0.25, 0.3) is 0 Å². The summed E-state index contributed by atoms with van der Waals surface area (Å²) < 4.78 is 5.58. The number of carboxylic acid groups (broad SMARTS) is 1. The quantitative estimate of drug-likeness (QED) is 0.484. The number of ketones is 1. The van der Waals surface area contributed by atoms with E-state index in [9.17, 15) is 9.59 Å². The van der Waals surface area contributed by atoms with E-state index in [0.29, 0.717) is 18.7 Å². The molecule has 0 atom stereocenters. The first-order chi connectivity index (χ1) is 10.1. The monoisotopic (exact) mass is 293 g/mol. The molecule has 5 heteroatoms. The average molecular weight is 293 g/mol. The van der Waals surface area contributed by atoms with Crippen molar-refractivity contribution in [2.75, 3.05) is 19.7 Å². The van der Waals surface area contributed by atoms with Crippen molar-refractivity contribution in [1.29, 1.82) is 0 Å². The van der Waals surface area contributed by atoms with Crippen molar-refractivity contribution in [3.05, 3.63) is 29.8 Å². The number of aliphatic carboxylic acids is 1. The number of carbonyl (C=O) groups excluding carboxylic acids is 1. The van der Waals surface area contributed by atoms with Gasteiger partial charge in [-0.15, -0.1) is 0 Å². The van der Waals surface area contributed by atoms with Gasteiger partial charge >= 0.3 is 5.97 Å². The lowest BCUT2D eigenvalue weighted by atomic mass is 10.1. The van der Waals surface area contributed by atoms with Gasteiger partial charge in [0.05, 0.1) is 13.2 Å². The van der Waals surface area contributed by atoms with Gasteiger partial charge in [0, 0.05) is 18.5 Å². The highest BCUT2D eigenvalue weighted by Crippen LogP contribution is 2.14. The summed E-state index contributed by atoms with van der Waals surface area (Å²) in [4.78, 5) is 22.2. The van der Waals surface area contributed by atoms with Crippen LogP contribution in [0.15, 0.2) is 24.3 Å². The molecular formula is C16H23NO4. The molecule has 116 valence electrons. The van der Waals surface area contributed by atoms with Crippen molar-refractivity contribution in [3.63, 3.8) is 0 Å². The second-order valence-corrected chi connectivity index (χ2v) is 4.82. The van der Waals surface area contributed by atoms with Gasteiger partial charge in [-0.1, -0.05) is 19.8 Å². The molecule has 0 saturated heterocycles. The highest BCUT2D eigenvalue weighted by molar-refractivity contribution is 5.96. The van der Waals surface area contributed by atoms with Crippen LogP contribution in [0.2, 0.25) is 0 Å². The van der Waals surface area contributed by atoms with Crippen LogP contribution in [0, 0.1) is 0 Å². The summed E-state index contributed by atoms with van der Waals surface area (Å²) >= 11 is 0. The van der Waals surface area contributed by atoms with Crippen molar-refractivity contribution in [1.82, 2.24) is 5.32 Å². The molecular weight excluding hydrogens is 270 g/mol. The van der Waals surface area contributed by atoms with Crippen LogP contribution in [0.1, 0.15) is 43.0 Å².